The molecule has 1 spiro atoms. The Morgan fingerprint density at radius 1 is 1.28 bits per heavy atom. The first-order valence-corrected chi connectivity index (χ1v) is 11.9. The zero-order valence-corrected chi connectivity index (χ0v) is 18.1. The fourth-order valence-electron chi connectivity index (χ4n) is 4.44. The van der Waals surface area contributed by atoms with Gasteiger partial charge in [0.25, 0.3) is 0 Å². The van der Waals surface area contributed by atoms with Crippen LogP contribution in [0.15, 0.2) is 14.9 Å². The summed E-state index contributed by atoms with van der Waals surface area (Å²) in [5.74, 6) is 0. The molecule has 2 heterocycles. The Kier molecular flexibility index (Phi) is 4.34. The number of nitrogens with zero attached hydrogens (tertiary/aromatic N) is 3. The number of rotatable bonds is 3. The van der Waals surface area contributed by atoms with Crippen LogP contribution in [0.5, 0.6) is 0 Å². The number of pyridine rings is 1. The van der Waals surface area contributed by atoms with E-state index < -0.39 is 22.2 Å². The lowest BCUT2D eigenvalue weighted by Crippen LogP contribution is -2.14. The fourth-order valence-corrected chi connectivity index (χ4v) is 6.17. The van der Waals surface area contributed by atoms with Crippen LogP contribution in [0.1, 0.15) is 66.9 Å². The normalized spacial score (nSPS) is 20.0. The fraction of sp³-hybridized carbons (Fsp3) is 0.550. The molecule has 0 atom stereocenters. The van der Waals surface area contributed by atoms with Crippen molar-refractivity contribution in [1.29, 1.82) is 0 Å². The van der Waals surface area contributed by atoms with E-state index in [-0.39, 0.29) is 9.75 Å². The highest BCUT2D eigenvalue weighted by Gasteiger charge is 2.51. The zero-order chi connectivity index (χ0) is 20.4. The van der Waals surface area contributed by atoms with Gasteiger partial charge in [-0.1, -0.05) is 0 Å². The number of carbonyl (C=O) groups excluding carboxylic acids is 1. The average Bonchev–Trinajstić information content (AvgIpc) is 3.04. The molecule has 2 aromatic heterocycles. The molecule has 29 heavy (non-hydrogen) atoms. The molecular weight excluding hydrogens is 408 g/mol. The minimum atomic E-state index is -1.91. The number of urea groups is 1. The van der Waals surface area contributed by atoms with E-state index in [1.165, 1.54) is 24.7 Å². The van der Waals surface area contributed by atoms with Gasteiger partial charge in [0.2, 0.25) is 0 Å². The highest BCUT2D eigenvalue weighted by Crippen LogP contribution is 2.58. The topological polar surface area (TPSA) is 105 Å². The zero-order valence-electron chi connectivity index (χ0n) is 16.4. The number of hydrogen-bond acceptors (Lipinski definition) is 7. The van der Waals surface area contributed by atoms with Crippen molar-refractivity contribution >= 4 is 33.7 Å². The van der Waals surface area contributed by atoms with E-state index in [4.69, 9.17) is 4.98 Å². The Balaban J connectivity index is 1.44. The number of nitrogens with one attached hydrogen (secondary N) is 1. The van der Waals surface area contributed by atoms with E-state index in [9.17, 15) is 14.1 Å². The van der Waals surface area contributed by atoms with Gasteiger partial charge < -0.3 is 19.0 Å². The highest BCUT2D eigenvalue weighted by atomic mass is 32.2. The van der Waals surface area contributed by atoms with E-state index in [1.54, 1.807) is 13.8 Å². The van der Waals surface area contributed by atoms with Gasteiger partial charge >= 0.3 is 6.03 Å². The van der Waals surface area contributed by atoms with Crippen LogP contribution in [0, 0.1) is 0 Å². The third kappa shape index (κ3) is 3.29. The summed E-state index contributed by atoms with van der Waals surface area (Å²) >= 11 is 1.10. The molecule has 0 radical (unpaired) electrons. The number of hydrogen-bond donors (Lipinski definition) is 2. The molecule has 2 aromatic rings. The number of thiazole rings is 1. The van der Waals surface area contributed by atoms with E-state index in [2.05, 4.69) is 14.7 Å². The van der Waals surface area contributed by atoms with Gasteiger partial charge in [-0.25, -0.2) is 4.79 Å². The molecule has 1 fully saturated rings. The van der Waals surface area contributed by atoms with Crippen LogP contribution in [-0.2, 0) is 45.1 Å². The van der Waals surface area contributed by atoms with Gasteiger partial charge in [0, 0.05) is 21.6 Å². The SMILES string of the molecule is CC(C)(O)c1cnc([S-](=O)=NC(=O)Nc2c3c(nc4c2CCC42CC2)CCC3)s1. The van der Waals surface area contributed by atoms with Crippen LogP contribution in [0.3, 0.4) is 0 Å². The number of aryl methyl sites for hydroxylation is 1. The van der Waals surface area contributed by atoms with E-state index in [0.717, 1.165) is 65.9 Å². The van der Waals surface area contributed by atoms with Crippen molar-refractivity contribution in [2.45, 2.75) is 74.1 Å². The smallest absolute Gasteiger partial charge is 0.322 e. The molecule has 0 aliphatic heterocycles. The van der Waals surface area contributed by atoms with Crippen LogP contribution in [0.2, 0.25) is 0 Å². The predicted octanol–water partition coefficient (Wildman–Crippen LogP) is 3.97. The van der Waals surface area contributed by atoms with E-state index >= 15 is 0 Å². The van der Waals surface area contributed by atoms with E-state index in [1.807, 2.05) is 0 Å². The van der Waals surface area contributed by atoms with Crippen molar-refractivity contribution in [3.05, 3.63) is 33.6 Å². The summed E-state index contributed by atoms with van der Waals surface area (Å²) in [6, 6.07) is -0.623. The summed E-state index contributed by atoms with van der Waals surface area (Å²) in [6.45, 7) is 3.27. The second-order valence-electron chi connectivity index (χ2n) is 8.69. The molecule has 9 heteroatoms. The molecule has 7 nitrogen and oxygen atoms in total. The molecular formula is C20H23N4O3S2-. The first kappa shape index (κ1) is 19.1. The number of amides is 2. The molecule has 0 saturated heterocycles. The van der Waals surface area contributed by atoms with Gasteiger partial charge in [0.15, 0.2) is 0 Å². The van der Waals surface area contributed by atoms with Crippen LogP contribution < -0.4 is 5.32 Å². The lowest BCUT2D eigenvalue weighted by molar-refractivity contribution is 0.0823. The molecule has 0 unspecified atom stereocenters. The number of carbonyl (C=O) groups is 1. The quantitative estimate of drug-likeness (QED) is 0.716. The van der Waals surface area contributed by atoms with Crippen LogP contribution in [-0.4, -0.2) is 21.1 Å². The Morgan fingerprint density at radius 2 is 2.07 bits per heavy atom. The van der Waals surface area contributed by atoms with Crippen LogP contribution in [0.4, 0.5) is 10.5 Å². The molecule has 1 saturated carbocycles. The predicted molar refractivity (Wildman–Crippen MR) is 111 cm³/mol. The van der Waals surface area contributed by atoms with Crippen molar-refractivity contribution in [3.8, 4) is 0 Å². The summed E-state index contributed by atoms with van der Waals surface area (Å²) in [4.78, 5) is 22.2. The summed E-state index contributed by atoms with van der Waals surface area (Å²) in [6.07, 6.45) is 8.76. The van der Waals surface area contributed by atoms with Gasteiger partial charge in [0.05, 0.1) is 21.9 Å². The molecule has 2 amide bonds. The molecule has 2 N–H and O–H groups in total. The Morgan fingerprint density at radius 3 is 2.76 bits per heavy atom. The third-order valence-corrected chi connectivity index (χ3v) is 8.69. The van der Waals surface area contributed by atoms with Crippen LogP contribution in [0.25, 0.3) is 0 Å². The van der Waals surface area contributed by atoms with Gasteiger partial charge in [0.1, 0.15) is 0 Å². The third-order valence-electron chi connectivity index (χ3n) is 6.17. The van der Waals surface area contributed by atoms with Crippen molar-refractivity contribution in [2.24, 2.45) is 4.36 Å². The summed E-state index contributed by atoms with van der Waals surface area (Å²) in [5, 5.41) is 13.0. The average molecular weight is 432 g/mol. The van der Waals surface area contributed by atoms with Crippen molar-refractivity contribution in [1.82, 2.24) is 9.97 Å². The Labute approximate surface area is 175 Å². The molecule has 3 aliphatic carbocycles. The molecule has 0 bridgehead atoms. The lowest BCUT2D eigenvalue weighted by atomic mass is 10.0. The van der Waals surface area contributed by atoms with Crippen molar-refractivity contribution in [2.75, 3.05) is 5.32 Å². The number of fused-ring (bicyclic) bond motifs is 3. The summed E-state index contributed by atoms with van der Waals surface area (Å²) in [7, 11) is -1.91. The minimum Gasteiger partial charge on any atom is -0.437 e. The standard InChI is InChI=1S/C20H23N4O3S2/c1-19(2,26)14-10-21-18(28-14)29(27)24-17(25)23-15-11-4-3-5-13(11)22-16-12(15)6-7-20(16)8-9-20/h10,26H,3-9H2,1-2H3,(H,22,23,25)/q-1. The van der Waals surface area contributed by atoms with Gasteiger partial charge in [-0.05, 0) is 69.9 Å². The number of aliphatic hydroxyl groups is 1. The summed E-state index contributed by atoms with van der Waals surface area (Å²) < 4.78 is 16.5. The Bertz CT molecular complexity index is 1110. The van der Waals surface area contributed by atoms with Gasteiger partial charge in [-0.15, -0.1) is 21.9 Å². The van der Waals surface area contributed by atoms with Crippen molar-refractivity contribution < 1.29 is 14.1 Å². The second-order valence-corrected chi connectivity index (χ2v) is 11.0. The van der Waals surface area contributed by atoms with Gasteiger partial charge in [-0.2, -0.15) is 0 Å². The number of anilines is 1. The van der Waals surface area contributed by atoms with Gasteiger partial charge in [-0.3, -0.25) is 9.97 Å². The maximum Gasteiger partial charge on any atom is 0.322 e. The maximum atomic E-state index is 12.6. The molecule has 0 aromatic carbocycles. The number of aromatic nitrogens is 2. The van der Waals surface area contributed by atoms with Crippen LogP contribution >= 0.6 is 11.3 Å². The minimum absolute atomic E-state index is 0.208. The molecule has 5 rings (SSSR count). The highest BCUT2D eigenvalue weighted by molar-refractivity contribution is 7.77. The first-order valence-electron chi connectivity index (χ1n) is 9.95. The monoisotopic (exact) mass is 431 g/mol. The first-order chi connectivity index (χ1) is 13.8. The maximum absolute atomic E-state index is 12.6. The van der Waals surface area contributed by atoms with E-state index in [0.29, 0.717) is 4.88 Å². The molecule has 154 valence electrons. The summed E-state index contributed by atoms with van der Waals surface area (Å²) in [5.41, 5.74) is 4.56. The Hall–Kier alpha value is -1.84. The largest absolute Gasteiger partial charge is 0.437 e. The van der Waals surface area contributed by atoms with Crippen molar-refractivity contribution in [3.63, 3.8) is 0 Å². The second kappa shape index (κ2) is 6.58. The molecule has 3 aliphatic rings. The lowest BCUT2D eigenvalue weighted by Gasteiger charge is -2.16.